The molecule has 2 aromatic heterocycles. The lowest BCUT2D eigenvalue weighted by Crippen LogP contribution is -2.40. The second-order valence-electron chi connectivity index (χ2n) is 7.53. The third-order valence-electron chi connectivity index (χ3n) is 5.48. The molecule has 0 aromatic carbocycles. The van der Waals surface area contributed by atoms with Gasteiger partial charge in [-0.2, -0.15) is 0 Å². The van der Waals surface area contributed by atoms with Crippen LogP contribution in [0, 0.1) is 5.41 Å². The van der Waals surface area contributed by atoms with E-state index in [1.54, 1.807) is 0 Å². The van der Waals surface area contributed by atoms with E-state index < -0.39 is 0 Å². The van der Waals surface area contributed by atoms with Gasteiger partial charge in [-0.3, -0.25) is 14.8 Å². The lowest BCUT2D eigenvalue weighted by molar-refractivity contribution is 0.0703. The SMILES string of the molecule is Cn1ccnc1CN1CC[C@]2(COCCN(Cc3ccncc3)C2)C1. The first-order valence-electron chi connectivity index (χ1n) is 9.10. The molecule has 0 N–H and O–H groups in total. The van der Waals surface area contributed by atoms with E-state index in [0.717, 1.165) is 58.3 Å². The number of hydrogen-bond donors (Lipinski definition) is 0. The normalized spacial score (nSPS) is 25.5. The summed E-state index contributed by atoms with van der Waals surface area (Å²) in [6.07, 6.45) is 8.86. The van der Waals surface area contributed by atoms with Crippen LogP contribution in [0.4, 0.5) is 0 Å². The lowest BCUT2D eigenvalue weighted by atomic mass is 9.87. The van der Waals surface area contributed by atoms with Gasteiger partial charge in [0, 0.05) is 63.4 Å². The summed E-state index contributed by atoms with van der Waals surface area (Å²) in [5.74, 6) is 1.14. The molecule has 0 amide bonds. The zero-order valence-corrected chi connectivity index (χ0v) is 15.0. The van der Waals surface area contributed by atoms with Crippen LogP contribution in [0.25, 0.3) is 0 Å². The van der Waals surface area contributed by atoms with E-state index in [0.29, 0.717) is 0 Å². The highest BCUT2D eigenvalue weighted by atomic mass is 16.5. The lowest BCUT2D eigenvalue weighted by Gasteiger charge is -2.32. The van der Waals surface area contributed by atoms with Gasteiger partial charge in [0.2, 0.25) is 0 Å². The van der Waals surface area contributed by atoms with Crippen LogP contribution in [0.3, 0.4) is 0 Å². The van der Waals surface area contributed by atoms with Crippen molar-refractivity contribution >= 4 is 0 Å². The minimum absolute atomic E-state index is 0.245. The third-order valence-corrected chi connectivity index (χ3v) is 5.48. The highest BCUT2D eigenvalue weighted by Crippen LogP contribution is 2.34. The van der Waals surface area contributed by atoms with Crippen molar-refractivity contribution in [3.8, 4) is 0 Å². The molecule has 2 aromatic rings. The van der Waals surface area contributed by atoms with Crippen LogP contribution < -0.4 is 0 Å². The first kappa shape index (κ1) is 16.7. The van der Waals surface area contributed by atoms with Crippen molar-refractivity contribution in [3.63, 3.8) is 0 Å². The van der Waals surface area contributed by atoms with Gasteiger partial charge in [-0.25, -0.2) is 4.98 Å². The maximum Gasteiger partial charge on any atom is 0.122 e. The molecule has 1 spiro atoms. The van der Waals surface area contributed by atoms with Crippen LogP contribution in [0.1, 0.15) is 17.8 Å². The number of hydrogen-bond acceptors (Lipinski definition) is 5. The highest BCUT2D eigenvalue weighted by molar-refractivity contribution is 5.10. The predicted octanol–water partition coefficient (Wildman–Crippen LogP) is 1.54. The Kier molecular flexibility index (Phi) is 4.83. The number of nitrogens with zero attached hydrogens (tertiary/aromatic N) is 5. The van der Waals surface area contributed by atoms with Gasteiger partial charge in [-0.1, -0.05) is 0 Å². The Morgan fingerprint density at radius 3 is 2.64 bits per heavy atom. The molecule has 4 heterocycles. The van der Waals surface area contributed by atoms with Crippen LogP contribution in [0.5, 0.6) is 0 Å². The molecular formula is C19H27N5O. The maximum atomic E-state index is 6.01. The van der Waals surface area contributed by atoms with E-state index in [4.69, 9.17) is 4.74 Å². The number of rotatable bonds is 4. The van der Waals surface area contributed by atoms with E-state index in [1.807, 2.05) is 24.8 Å². The zero-order valence-electron chi connectivity index (χ0n) is 15.0. The average molecular weight is 341 g/mol. The molecule has 0 bridgehead atoms. The molecule has 2 saturated heterocycles. The van der Waals surface area contributed by atoms with Crippen molar-refractivity contribution in [3.05, 3.63) is 48.3 Å². The van der Waals surface area contributed by atoms with E-state index in [2.05, 4.69) is 43.5 Å². The maximum absolute atomic E-state index is 6.01. The summed E-state index contributed by atoms with van der Waals surface area (Å²) >= 11 is 0. The van der Waals surface area contributed by atoms with Gasteiger partial charge in [0.1, 0.15) is 5.82 Å². The van der Waals surface area contributed by atoms with E-state index in [9.17, 15) is 0 Å². The van der Waals surface area contributed by atoms with E-state index in [1.165, 1.54) is 12.0 Å². The van der Waals surface area contributed by atoms with Crippen molar-refractivity contribution in [2.45, 2.75) is 19.5 Å². The first-order chi connectivity index (χ1) is 12.2. The second kappa shape index (κ2) is 7.23. The number of pyridine rings is 1. The number of ether oxygens (including phenoxy) is 1. The van der Waals surface area contributed by atoms with Gasteiger partial charge in [0.05, 0.1) is 19.8 Å². The Hall–Kier alpha value is -1.76. The van der Waals surface area contributed by atoms with Crippen molar-refractivity contribution < 1.29 is 4.74 Å². The van der Waals surface area contributed by atoms with Crippen LogP contribution >= 0.6 is 0 Å². The smallest absolute Gasteiger partial charge is 0.122 e. The molecule has 2 fully saturated rings. The molecule has 2 aliphatic rings. The fourth-order valence-electron chi connectivity index (χ4n) is 4.12. The van der Waals surface area contributed by atoms with E-state index in [-0.39, 0.29) is 5.41 Å². The Labute approximate surface area is 149 Å². The van der Waals surface area contributed by atoms with Gasteiger partial charge >= 0.3 is 0 Å². The quantitative estimate of drug-likeness (QED) is 0.844. The highest BCUT2D eigenvalue weighted by Gasteiger charge is 2.41. The molecule has 25 heavy (non-hydrogen) atoms. The molecule has 0 aliphatic carbocycles. The number of likely N-dealkylation sites (tertiary alicyclic amines) is 1. The molecule has 1 atom stereocenters. The Balaban J connectivity index is 1.41. The minimum Gasteiger partial charge on any atom is -0.379 e. The Morgan fingerprint density at radius 1 is 1.08 bits per heavy atom. The summed E-state index contributed by atoms with van der Waals surface area (Å²) in [7, 11) is 2.07. The van der Waals surface area contributed by atoms with Crippen LogP contribution in [0.2, 0.25) is 0 Å². The predicted molar refractivity (Wildman–Crippen MR) is 95.9 cm³/mol. The summed E-state index contributed by atoms with van der Waals surface area (Å²) < 4.78 is 8.12. The largest absolute Gasteiger partial charge is 0.379 e. The van der Waals surface area contributed by atoms with Crippen molar-refractivity contribution in [2.24, 2.45) is 12.5 Å². The summed E-state index contributed by atoms with van der Waals surface area (Å²) in [5, 5.41) is 0. The van der Waals surface area contributed by atoms with Gasteiger partial charge in [-0.15, -0.1) is 0 Å². The summed E-state index contributed by atoms with van der Waals surface area (Å²) in [6, 6.07) is 4.22. The molecule has 6 heteroatoms. The third kappa shape index (κ3) is 3.92. The summed E-state index contributed by atoms with van der Waals surface area (Å²) in [6.45, 7) is 7.92. The molecule has 4 rings (SSSR count). The second-order valence-corrected chi connectivity index (χ2v) is 7.53. The van der Waals surface area contributed by atoms with Gasteiger partial charge in [-0.05, 0) is 30.7 Å². The molecule has 0 radical (unpaired) electrons. The zero-order chi connectivity index (χ0) is 17.1. The Morgan fingerprint density at radius 2 is 1.88 bits per heavy atom. The molecule has 134 valence electrons. The van der Waals surface area contributed by atoms with Crippen LogP contribution in [-0.4, -0.2) is 63.7 Å². The average Bonchev–Trinajstić information content (AvgIpc) is 3.13. The van der Waals surface area contributed by atoms with Gasteiger partial charge in [0.15, 0.2) is 0 Å². The summed E-state index contributed by atoms with van der Waals surface area (Å²) in [5.41, 5.74) is 1.57. The van der Waals surface area contributed by atoms with Crippen LogP contribution in [0.15, 0.2) is 36.9 Å². The fraction of sp³-hybridized carbons (Fsp3) is 0.579. The first-order valence-corrected chi connectivity index (χ1v) is 9.10. The number of aryl methyl sites for hydroxylation is 1. The van der Waals surface area contributed by atoms with Gasteiger partial charge < -0.3 is 9.30 Å². The fourth-order valence-corrected chi connectivity index (χ4v) is 4.12. The molecule has 2 aliphatic heterocycles. The summed E-state index contributed by atoms with van der Waals surface area (Å²) in [4.78, 5) is 13.7. The van der Waals surface area contributed by atoms with Crippen molar-refractivity contribution in [1.82, 2.24) is 24.3 Å². The van der Waals surface area contributed by atoms with Crippen molar-refractivity contribution in [2.75, 3.05) is 39.4 Å². The minimum atomic E-state index is 0.245. The molecule has 6 nitrogen and oxygen atoms in total. The molecule has 0 unspecified atom stereocenters. The topological polar surface area (TPSA) is 46.4 Å². The Bertz CT molecular complexity index is 688. The molecule has 0 saturated carbocycles. The standard InChI is InChI=1S/C19H27N5O/c1-22-9-7-21-18(22)13-23-8-4-19(14-23)15-24(10-11-25-16-19)12-17-2-5-20-6-3-17/h2-3,5-7,9H,4,8,10-16H2,1H3/t19-/m0/s1. The van der Waals surface area contributed by atoms with Gasteiger partial charge in [0.25, 0.3) is 0 Å². The monoisotopic (exact) mass is 341 g/mol. The molecular weight excluding hydrogens is 314 g/mol. The number of aromatic nitrogens is 3. The van der Waals surface area contributed by atoms with Crippen LogP contribution in [-0.2, 0) is 24.9 Å². The number of imidazole rings is 1. The van der Waals surface area contributed by atoms with Crippen molar-refractivity contribution in [1.29, 1.82) is 0 Å². The van der Waals surface area contributed by atoms with E-state index >= 15 is 0 Å².